The normalized spacial score (nSPS) is 14.4. The number of aryl methyl sites for hydroxylation is 1. The van der Waals surface area contributed by atoms with Crippen LogP contribution in [-0.2, 0) is 17.8 Å². The zero-order chi connectivity index (χ0) is 19.6. The van der Waals surface area contributed by atoms with Crippen LogP contribution in [0.4, 0.5) is 4.39 Å². The predicted octanol–water partition coefficient (Wildman–Crippen LogP) is 4.20. The minimum absolute atomic E-state index is 0.0516. The molecule has 27 heavy (non-hydrogen) atoms. The van der Waals surface area contributed by atoms with Gasteiger partial charge in [-0.3, -0.25) is 0 Å². The second kappa shape index (κ2) is 8.88. The van der Waals surface area contributed by atoms with Crippen molar-refractivity contribution in [1.29, 1.82) is 0 Å². The van der Waals surface area contributed by atoms with Gasteiger partial charge in [-0.15, -0.1) is 0 Å². The molecular formula is C19H19ClFInN2O2S. The molecule has 1 aliphatic heterocycles. The molecule has 0 saturated heterocycles. The third-order valence-corrected chi connectivity index (χ3v) is 16.0. The molecule has 4 nitrogen and oxygen atoms in total. The van der Waals surface area contributed by atoms with E-state index in [4.69, 9.17) is 16.7 Å². The predicted molar refractivity (Wildman–Crippen MR) is 108 cm³/mol. The Hall–Kier alpha value is -1.18. The topological polar surface area (TPSA) is 55.1 Å². The Morgan fingerprint density at radius 2 is 2.22 bits per heavy atom. The number of carbonyl (C=O) groups is 1. The van der Waals surface area contributed by atoms with Gasteiger partial charge in [-0.05, 0) is 0 Å². The number of allylic oxidation sites excluding steroid dienone is 2. The van der Waals surface area contributed by atoms with Gasteiger partial charge in [0.15, 0.2) is 0 Å². The van der Waals surface area contributed by atoms with Crippen LogP contribution in [0.5, 0.6) is 0 Å². The Kier molecular flexibility index (Phi) is 6.76. The van der Waals surface area contributed by atoms with E-state index in [1.165, 1.54) is 11.8 Å². The fraction of sp³-hybridized carbons (Fsp3) is 0.263. The van der Waals surface area contributed by atoms with Crippen molar-refractivity contribution in [2.75, 3.05) is 0 Å². The Labute approximate surface area is 174 Å². The van der Waals surface area contributed by atoms with Gasteiger partial charge in [0.2, 0.25) is 0 Å². The molecule has 2 heterocycles. The number of hydrogen-bond acceptors (Lipinski definition) is 3. The van der Waals surface area contributed by atoms with Crippen LogP contribution in [0.1, 0.15) is 25.8 Å². The van der Waals surface area contributed by atoms with Gasteiger partial charge in [-0.2, -0.15) is 0 Å². The number of nitrogens with zero attached hydrogens (tertiary/aromatic N) is 2. The number of hydrogen-bond donors (Lipinski definition) is 1. The van der Waals surface area contributed by atoms with Crippen LogP contribution in [0.25, 0.3) is 0 Å². The van der Waals surface area contributed by atoms with Crippen LogP contribution in [0, 0.1) is 0 Å². The quantitative estimate of drug-likeness (QED) is 0.609. The summed E-state index contributed by atoms with van der Waals surface area (Å²) in [6, 6.07) is 7.21. The van der Waals surface area contributed by atoms with E-state index in [9.17, 15) is 9.18 Å². The van der Waals surface area contributed by atoms with Gasteiger partial charge in [0.1, 0.15) is 0 Å². The summed E-state index contributed by atoms with van der Waals surface area (Å²) < 4.78 is 19.3. The van der Waals surface area contributed by atoms with Gasteiger partial charge in [-0.25, -0.2) is 0 Å². The zero-order valence-electron chi connectivity index (χ0n) is 15.1. The van der Waals surface area contributed by atoms with Gasteiger partial charge < -0.3 is 0 Å². The van der Waals surface area contributed by atoms with E-state index in [0.29, 0.717) is 13.3 Å². The molecule has 1 aromatic carbocycles. The molecule has 0 fully saturated rings. The van der Waals surface area contributed by atoms with Crippen LogP contribution in [0.3, 0.4) is 0 Å². The Morgan fingerprint density at radius 3 is 2.93 bits per heavy atom. The Bertz CT molecular complexity index is 941. The molecule has 0 bridgehead atoms. The van der Waals surface area contributed by atoms with Crippen LogP contribution in [-0.4, -0.2) is 42.3 Å². The molecule has 0 radical (unpaired) electrons. The van der Waals surface area contributed by atoms with Crippen LogP contribution < -0.4 is 3.32 Å². The molecule has 3 rings (SSSR count). The summed E-state index contributed by atoms with van der Waals surface area (Å²) in [5.41, 5.74) is 0.695. The zero-order valence-corrected chi connectivity index (χ0v) is 19.9. The molecular weight excluding hydrogens is 490 g/mol. The first-order valence-corrected chi connectivity index (χ1v) is 14.8. The van der Waals surface area contributed by atoms with E-state index >= 15 is 0 Å². The van der Waals surface area contributed by atoms with Gasteiger partial charge >= 0.3 is 175 Å². The molecule has 8 heteroatoms. The van der Waals surface area contributed by atoms with E-state index in [2.05, 4.69) is 12.0 Å². The monoisotopic (exact) mass is 508 g/mol. The van der Waals surface area contributed by atoms with Crippen molar-refractivity contribution in [3.05, 3.63) is 59.1 Å². The Morgan fingerprint density at radius 1 is 1.44 bits per heavy atom. The van der Waals surface area contributed by atoms with Crippen molar-refractivity contribution < 1.29 is 14.3 Å². The van der Waals surface area contributed by atoms with E-state index in [1.54, 1.807) is 18.2 Å². The number of benzene rings is 1. The van der Waals surface area contributed by atoms with Crippen molar-refractivity contribution >= 4 is 54.1 Å². The van der Waals surface area contributed by atoms with Gasteiger partial charge in [0, 0.05) is 0 Å². The maximum atomic E-state index is 14.9. The molecule has 1 N–H and O–H groups in total. The van der Waals surface area contributed by atoms with Crippen molar-refractivity contribution in [2.45, 2.75) is 38.1 Å². The average molecular weight is 509 g/mol. The molecule has 0 amide bonds. The molecule has 0 unspecified atom stereocenters. The number of carboxylic acid groups (broad SMARTS) is 1. The third kappa shape index (κ3) is 4.63. The molecule has 1 aliphatic rings. The minimum atomic E-state index is -2.81. The summed E-state index contributed by atoms with van der Waals surface area (Å²) in [5, 5.41) is 13.3. The first-order chi connectivity index (χ1) is 12.9. The summed E-state index contributed by atoms with van der Waals surface area (Å²) in [7, 11) is 0. The second-order valence-corrected chi connectivity index (χ2v) is 17.5. The number of halogens is 2. The molecule has 0 spiro atoms. The first-order valence-electron chi connectivity index (χ1n) is 8.68. The maximum absolute atomic E-state index is 14.9. The SMILES string of the molecule is CCCn1c[c]([In]2[C](C)=C(Sc3cccc(CC(=O)O)c3)C(F)=[C]2Cl)cn1. The van der Waals surface area contributed by atoms with Crippen molar-refractivity contribution in [3.8, 4) is 0 Å². The van der Waals surface area contributed by atoms with Gasteiger partial charge in [-0.1, -0.05) is 0 Å². The standard InChI is InChI=1S/C13H10ClFO2S.C6H9N2.In/c1-2-12(11(15)8-14)18-10-5-3-4-9(6-10)7-13(16)17;1-2-5-8-6-3-4-7-8;/h3-6H,7H2,1H3,(H,16,17);4,6H,2,5H2,1H3;. The first kappa shape index (κ1) is 20.6. The fourth-order valence-corrected chi connectivity index (χ4v) is 14.9. The number of thioether (sulfide) groups is 1. The second-order valence-electron chi connectivity index (χ2n) is 6.46. The summed E-state index contributed by atoms with van der Waals surface area (Å²) in [6.45, 7) is 4.89. The number of aliphatic carboxylic acids is 1. The summed E-state index contributed by atoms with van der Waals surface area (Å²) in [5.74, 6) is -1.21. The summed E-state index contributed by atoms with van der Waals surface area (Å²) in [6.07, 6.45) is 4.77. The molecule has 140 valence electrons. The van der Waals surface area contributed by atoms with Gasteiger partial charge in [0.05, 0.1) is 0 Å². The fourth-order valence-electron chi connectivity index (χ4n) is 3.14. The van der Waals surface area contributed by atoms with E-state index < -0.39 is 27.4 Å². The molecule has 1 aromatic heterocycles. The summed E-state index contributed by atoms with van der Waals surface area (Å²) >= 11 is 4.94. The summed E-state index contributed by atoms with van der Waals surface area (Å²) in [4.78, 5) is 12.3. The van der Waals surface area contributed by atoms with Gasteiger partial charge in [0.25, 0.3) is 0 Å². The van der Waals surface area contributed by atoms with Crippen LogP contribution in [0.2, 0.25) is 0 Å². The van der Waals surface area contributed by atoms with Crippen LogP contribution in [0.15, 0.2) is 58.4 Å². The van der Waals surface area contributed by atoms with E-state index in [1.807, 2.05) is 30.1 Å². The van der Waals surface area contributed by atoms with E-state index in [-0.39, 0.29) is 12.2 Å². The third-order valence-electron chi connectivity index (χ3n) is 4.37. The van der Waals surface area contributed by atoms with E-state index in [0.717, 1.165) is 24.5 Å². The number of carboxylic acids is 1. The number of aromatic nitrogens is 2. The van der Waals surface area contributed by atoms with Crippen LogP contribution >= 0.6 is 23.4 Å². The Balaban J connectivity index is 1.88. The molecule has 0 saturated carbocycles. The number of rotatable bonds is 7. The molecule has 0 aliphatic carbocycles. The van der Waals surface area contributed by atoms with Crippen molar-refractivity contribution in [3.63, 3.8) is 0 Å². The molecule has 2 aromatic rings. The van der Waals surface area contributed by atoms with Crippen molar-refractivity contribution in [1.82, 2.24) is 9.78 Å². The van der Waals surface area contributed by atoms with Crippen molar-refractivity contribution in [2.24, 2.45) is 0 Å². The average Bonchev–Trinajstić information content (AvgIpc) is 3.14. The molecule has 0 atom stereocenters.